The number of nitrogens with zero attached hydrogens (tertiary/aromatic N) is 2. The van der Waals surface area contributed by atoms with Crippen molar-refractivity contribution in [3.8, 4) is 0 Å². The van der Waals surface area contributed by atoms with Crippen LogP contribution in [0.15, 0.2) is 64.6 Å². The minimum atomic E-state index is -0.427. The van der Waals surface area contributed by atoms with Gasteiger partial charge >= 0.3 is 0 Å². The molecular weight excluding hydrogens is 373 g/mol. The summed E-state index contributed by atoms with van der Waals surface area (Å²) in [4.78, 5) is 29.0. The summed E-state index contributed by atoms with van der Waals surface area (Å²) in [6.45, 7) is 1.58. The molecule has 0 atom stereocenters. The van der Waals surface area contributed by atoms with E-state index in [2.05, 4.69) is 15.4 Å². The van der Waals surface area contributed by atoms with Crippen LogP contribution < -0.4 is 10.9 Å². The number of pyridine rings is 1. The predicted molar refractivity (Wildman–Crippen MR) is 108 cm³/mol. The fraction of sp³-hybridized carbons (Fsp3) is 0.143. The highest BCUT2D eigenvalue weighted by atomic mass is 19.1. The summed E-state index contributed by atoms with van der Waals surface area (Å²) in [7, 11) is 0. The molecule has 146 valence electrons. The standard InChI is InChI=1S/C21H18FN5O2/c22-15-4-7-18-14(10-15)11-17(20(28)25-18)19(26-23)12-24-16-5-2-13(3-6-16)21(29)27-8-1-9-27/h2-7,10-12,23-24H,1,8-9H2,(H,25,28)/b19-12-,26-23?. The molecule has 1 amide bonds. The van der Waals surface area contributed by atoms with E-state index >= 15 is 0 Å². The molecule has 0 bridgehead atoms. The third-order valence-corrected chi connectivity index (χ3v) is 4.85. The number of carbonyl (C=O) groups is 1. The number of carbonyl (C=O) groups excluding carboxylic acids is 1. The van der Waals surface area contributed by atoms with E-state index in [1.807, 2.05) is 0 Å². The second-order valence-corrected chi connectivity index (χ2v) is 6.75. The number of fused-ring (bicyclic) bond motifs is 1. The summed E-state index contributed by atoms with van der Waals surface area (Å²) in [6.07, 6.45) is 2.46. The molecule has 1 aliphatic heterocycles. The van der Waals surface area contributed by atoms with Gasteiger partial charge in [-0.3, -0.25) is 9.59 Å². The molecule has 1 fully saturated rings. The second-order valence-electron chi connectivity index (χ2n) is 6.75. The van der Waals surface area contributed by atoms with Gasteiger partial charge in [-0.05, 0) is 55.0 Å². The van der Waals surface area contributed by atoms with Crippen molar-refractivity contribution in [1.29, 1.82) is 5.53 Å². The number of H-pyrrole nitrogens is 1. The monoisotopic (exact) mass is 391 g/mol. The number of halogens is 1. The van der Waals surface area contributed by atoms with Gasteiger partial charge in [0.25, 0.3) is 11.5 Å². The van der Waals surface area contributed by atoms with Crippen molar-refractivity contribution in [2.75, 3.05) is 18.4 Å². The lowest BCUT2D eigenvalue weighted by molar-refractivity contribution is 0.0652. The molecule has 4 rings (SSSR count). The SMILES string of the molecule is N=N/C(=C\Nc1ccc(C(=O)N2CCC2)cc1)c1cc2cc(F)ccc2[nH]c1=O. The minimum Gasteiger partial charge on any atom is -0.360 e. The molecule has 0 unspecified atom stereocenters. The number of rotatable bonds is 5. The van der Waals surface area contributed by atoms with Crippen LogP contribution >= 0.6 is 0 Å². The number of aromatic nitrogens is 1. The summed E-state index contributed by atoms with van der Waals surface area (Å²) in [5.74, 6) is -0.412. The van der Waals surface area contributed by atoms with Crippen LogP contribution in [0, 0.1) is 11.3 Å². The van der Waals surface area contributed by atoms with E-state index in [9.17, 15) is 14.0 Å². The minimum absolute atomic E-state index is 0.00937. The summed E-state index contributed by atoms with van der Waals surface area (Å²) in [6, 6.07) is 12.5. The average molecular weight is 391 g/mol. The van der Waals surface area contributed by atoms with Crippen LogP contribution in [0.5, 0.6) is 0 Å². The van der Waals surface area contributed by atoms with Crippen molar-refractivity contribution in [3.63, 3.8) is 0 Å². The summed E-state index contributed by atoms with van der Waals surface area (Å²) >= 11 is 0. The second kappa shape index (κ2) is 7.67. The van der Waals surface area contributed by atoms with Crippen molar-refractivity contribution >= 4 is 28.2 Å². The van der Waals surface area contributed by atoms with E-state index in [-0.39, 0.29) is 17.2 Å². The van der Waals surface area contributed by atoms with Gasteiger partial charge in [0.1, 0.15) is 11.5 Å². The van der Waals surface area contributed by atoms with Gasteiger partial charge in [0, 0.05) is 41.4 Å². The molecule has 2 heterocycles. The molecule has 1 aliphatic rings. The maximum Gasteiger partial charge on any atom is 0.258 e. The molecule has 1 aromatic heterocycles. The molecule has 0 aliphatic carbocycles. The van der Waals surface area contributed by atoms with Crippen molar-refractivity contribution in [2.24, 2.45) is 5.11 Å². The number of benzene rings is 2. The maximum atomic E-state index is 13.5. The highest BCUT2D eigenvalue weighted by Gasteiger charge is 2.21. The molecular formula is C21H18FN5O2. The number of anilines is 1. The Morgan fingerprint density at radius 1 is 1.17 bits per heavy atom. The Morgan fingerprint density at radius 3 is 2.59 bits per heavy atom. The molecule has 1 saturated heterocycles. The van der Waals surface area contributed by atoms with E-state index in [1.165, 1.54) is 30.5 Å². The van der Waals surface area contributed by atoms with E-state index in [0.29, 0.717) is 22.2 Å². The lowest BCUT2D eigenvalue weighted by Crippen LogP contribution is -2.41. The Hall–Kier alpha value is -3.81. The summed E-state index contributed by atoms with van der Waals surface area (Å²) in [5.41, 5.74) is 9.02. The van der Waals surface area contributed by atoms with Gasteiger partial charge in [-0.2, -0.15) is 5.11 Å². The number of amides is 1. The van der Waals surface area contributed by atoms with Crippen LogP contribution in [-0.4, -0.2) is 28.9 Å². The number of hydrogen-bond acceptors (Lipinski definition) is 5. The fourth-order valence-electron chi connectivity index (χ4n) is 3.10. The van der Waals surface area contributed by atoms with Gasteiger partial charge in [-0.1, -0.05) is 0 Å². The van der Waals surface area contributed by atoms with Crippen LogP contribution in [-0.2, 0) is 0 Å². The molecule has 0 spiro atoms. The molecule has 0 saturated carbocycles. The number of nitrogens with one attached hydrogen (secondary N) is 3. The van der Waals surface area contributed by atoms with Crippen LogP contribution in [0.2, 0.25) is 0 Å². The zero-order valence-electron chi connectivity index (χ0n) is 15.4. The highest BCUT2D eigenvalue weighted by Crippen LogP contribution is 2.20. The smallest absolute Gasteiger partial charge is 0.258 e. The molecule has 7 nitrogen and oxygen atoms in total. The van der Waals surface area contributed by atoms with E-state index < -0.39 is 11.4 Å². The Kier molecular flexibility index (Phi) is 4.90. The van der Waals surface area contributed by atoms with E-state index in [1.54, 1.807) is 29.2 Å². The zero-order valence-corrected chi connectivity index (χ0v) is 15.4. The van der Waals surface area contributed by atoms with Gasteiger partial charge in [0.15, 0.2) is 0 Å². The first-order valence-electron chi connectivity index (χ1n) is 9.11. The topological polar surface area (TPSA) is 101 Å². The third-order valence-electron chi connectivity index (χ3n) is 4.85. The first kappa shape index (κ1) is 18.5. The van der Waals surface area contributed by atoms with Gasteiger partial charge in [-0.25, -0.2) is 9.92 Å². The summed E-state index contributed by atoms with van der Waals surface area (Å²) in [5, 5.41) is 6.90. The van der Waals surface area contributed by atoms with Gasteiger partial charge in [0.05, 0.1) is 5.56 Å². The Morgan fingerprint density at radius 2 is 1.93 bits per heavy atom. The quantitative estimate of drug-likeness (QED) is 0.574. The fourth-order valence-corrected chi connectivity index (χ4v) is 3.10. The van der Waals surface area contributed by atoms with E-state index in [0.717, 1.165) is 19.5 Å². The van der Waals surface area contributed by atoms with Gasteiger partial charge in [-0.15, -0.1) is 0 Å². The average Bonchev–Trinajstić information content (AvgIpc) is 2.68. The number of aromatic amines is 1. The third kappa shape index (κ3) is 3.77. The maximum absolute atomic E-state index is 13.5. The highest BCUT2D eigenvalue weighted by molar-refractivity contribution is 5.95. The van der Waals surface area contributed by atoms with E-state index in [4.69, 9.17) is 5.53 Å². The van der Waals surface area contributed by atoms with Crippen molar-refractivity contribution in [1.82, 2.24) is 9.88 Å². The zero-order chi connectivity index (χ0) is 20.4. The molecule has 8 heteroatoms. The first-order chi connectivity index (χ1) is 14.0. The lowest BCUT2D eigenvalue weighted by atomic mass is 10.1. The van der Waals surface area contributed by atoms with Crippen LogP contribution in [0.25, 0.3) is 16.6 Å². The van der Waals surface area contributed by atoms with Gasteiger partial charge in [0.2, 0.25) is 0 Å². The van der Waals surface area contributed by atoms with Crippen LogP contribution in [0.1, 0.15) is 22.3 Å². The van der Waals surface area contributed by atoms with Crippen molar-refractivity contribution in [3.05, 3.63) is 82.0 Å². The largest absolute Gasteiger partial charge is 0.360 e. The lowest BCUT2D eigenvalue weighted by Gasteiger charge is -2.30. The summed E-state index contributed by atoms with van der Waals surface area (Å²) < 4.78 is 13.5. The Labute approximate surface area is 165 Å². The number of hydrogen-bond donors (Lipinski definition) is 3. The number of likely N-dealkylation sites (tertiary alicyclic amines) is 1. The first-order valence-corrected chi connectivity index (χ1v) is 9.11. The normalized spacial score (nSPS) is 13.8. The Bertz CT molecular complexity index is 1180. The van der Waals surface area contributed by atoms with Crippen LogP contribution in [0.4, 0.5) is 10.1 Å². The van der Waals surface area contributed by atoms with Crippen LogP contribution in [0.3, 0.4) is 0 Å². The Balaban J connectivity index is 1.57. The van der Waals surface area contributed by atoms with Crippen molar-refractivity contribution in [2.45, 2.75) is 6.42 Å². The molecule has 2 aromatic carbocycles. The molecule has 3 aromatic rings. The molecule has 29 heavy (non-hydrogen) atoms. The van der Waals surface area contributed by atoms with Crippen molar-refractivity contribution < 1.29 is 9.18 Å². The molecule has 0 radical (unpaired) electrons. The van der Waals surface area contributed by atoms with Gasteiger partial charge < -0.3 is 15.2 Å². The molecule has 3 N–H and O–H groups in total. The predicted octanol–water partition coefficient (Wildman–Crippen LogP) is 3.95.